The van der Waals surface area contributed by atoms with Crippen molar-refractivity contribution in [1.29, 1.82) is 0 Å². The number of halogens is 1. The highest BCUT2D eigenvalue weighted by atomic mass is 35.5. The summed E-state index contributed by atoms with van der Waals surface area (Å²) in [6.45, 7) is 0. The predicted molar refractivity (Wildman–Crippen MR) is 63.9 cm³/mol. The van der Waals surface area contributed by atoms with Crippen LogP contribution in [0.25, 0.3) is 10.9 Å². The second-order valence-corrected chi connectivity index (χ2v) is 4.27. The maximum Gasteiger partial charge on any atom is 0.152 e. The highest BCUT2D eigenvalue weighted by molar-refractivity contribution is 7.98. The highest BCUT2D eigenvalue weighted by Crippen LogP contribution is 2.24. The van der Waals surface area contributed by atoms with Crippen molar-refractivity contribution in [2.45, 2.75) is 5.03 Å². The van der Waals surface area contributed by atoms with Gasteiger partial charge in [0.2, 0.25) is 0 Å². The molecule has 2 rings (SSSR count). The molecule has 0 spiro atoms. The molecule has 0 aliphatic rings. The fourth-order valence-corrected chi connectivity index (χ4v) is 2.11. The third-order valence-corrected chi connectivity index (χ3v) is 3.04. The van der Waals surface area contributed by atoms with Crippen LogP contribution in [-0.4, -0.2) is 17.5 Å². The number of hydrogen-bond donors (Lipinski definition) is 0. The second-order valence-electron chi connectivity index (χ2n) is 3.04. The van der Waals surface area contributed by atoms with E-state index in [1.165, 1.54) is 11.8 Å². The zero-order valence-electron chi connectivity index (χ0n) is 8.03. The van der Waals surface area contributed by atoms with Crippen molar-refractivity contribution in [3.8, 4) is 0 Å². The Morgan fingerprint density at radius 2 is 2.20 bits per heavy atom. The lowest BCUT2D eigenvalue weighted by Gasteiger charge is -2.03. The Bertz CT molecular complexity index is 527. The van der Waals surface area contributed by atoms with Gasteiger partial charge in [-0.2, -0.15) is 0 Å². The van der Waals surface area contributed by atoms with Crippen molar-refractivity contribution >= 4 is 40.6 Å². The topological polar surface area (TPSA) is 30.0 Å². The van der Waals surface area contributed by atoms with E-state index in [0.29, 0.717) is 10.6 Å². The summed E-state index contributed by atoms with van der Waals surface area (Å²) in [6.07, 6.45) is 2.72. The van der Waals surface area contributed by atoms with Gasteiger partial charge in [0.1, 0.15) is 5.03 Å². The van der Waals surface area contributed by atoms with Crippen LogP contribution in [0.1, 0.15) is 10.4 Å². The number of thioether (sulfide) groups is 1. The smallest absolute Gasteiger partial charge is 0.152 e. The van der Waals surface area contributed by atoms with E-state index >= 15 is 0 Å². The van der Waals surface area contributed by atoms with E-state index in [1.54, 1.807) is 12.1 Å². The zero-order valence-corrected chi connectivity index (χ0v) is 9.60. The van der Waals surface area contributed by atoms with E-state index in [9.17, 15) is 4.79 Å². The number of benzene rings is 1. The minimum absolute atomic E-state index is 0.609. The van der Waals surface area contributed by atoms with Gasteiger partial charge in [0.25, 0.3) is 0 Å². The number of hydrogen-bond acceptors (Lipinski definition) is 3. The summed E-state index contributed by atoms with van der Waals surface area (Å²) in [7, 11) is 0. The van der Waals surface area contributed by atoms with Gasteiger partial charge in [0.05, 0.1) is 5.52 Å². The van der Waals surface area contributed by atoms with Crippen LogP contribution >= 0.6 is 23.4 Å². The summed E-state index contributed by atoms with van der Waals surface area (Å²) < 4.78 is 0. The number of pyridine rings is 1. The highest BCUT2D eigenvalue weighted by Gasteiger charge is 2.05. The molecule has 0 amide bonds. The van der Waals surface area contributed by atoms with Crippen LogP contribution < -0.4 is 0 Å². The van der Waals surface area contributed by atoms with Crippen molar-refractivity contribution in [3.63, 3.8) is 0 Å². The summed E-state index contributed by atoms with van der Waals surface area (Å²) in [5.41, 5.74) is 1.46. The first-order valence-electron chi connectivity index (χ1n) is 4.34. The Morgan fingerprint density at radius 3 is 2.87 bits per heavy atom. The van der Waals surface area contributed by atoms with Crippen molar-refractivity contribution in [2.75, 3.05) is 6.26 Å². The largest absolute Gasteiger partial charge is 0.298 e. The molecular weight excluding hydrogens is 230 g/mol. The third-order valence-electron chi connectivity index (χ3n) is 2.09. The molecule has 0 saturated heterocycles. The van der Waals surface area contributed by atoms with Gasteiger partial charge in [0.15, 0.2) is 6.29 Å². The summed E-state index contributed by atoms with van der Waals surface area (Å²) in [6, 6.07) is 7.27. The molecule has 15 heavy (non-hydrogen) atoms. The number of aromatic nitrogens is 1. The number of carbonyl (C=O) groups excluding carboxylic acids is 1. The van der Waals surface area contributed by atoms with Crippen LogP contribution in [0.15, 0.2) is 29.3 Å². The van der Waals surface area contributed by atoms with Gasteiger partial charge in [0, 0.05) is 16.0 Å². The van der Waals surface area contributed by atoms with Gasteiger partial charge in [-0.3, -0.25) is 4.79 Å². The van der Waals surface area contributed by atoms with Crippen LogP contribution in [0.2, 0.25) is 5.02 Å². The monoisotopic (exact) mass is 237 g/mol. The van der Waals surface area contributed by atoms with Crippen LogP contribution in [0.5, 0.6) is 0 Å². The quantitative estimate of drug-likeness (QED) is 0.592. The Morgan fingerprint density at radius 1 is 1.40 bits per heavy atom. The minimum atomic E-state index is 0.609. The molecule has 0 radical (unpaired) electrons. The Labute approximate surface area is 96.7 Å². The fourth-order valence-electron chi connectivity index (χ4n) is 1.39. The molecule has 0 aliphatic carbocycles. The zero-order chi connectivity index (χ0) is 10.8. The molecule has 0 fully saturated rings. The van der Waals surface area contributed by atoms with Crippen LogP contribution in [0.4, 0.5) is 0 Å². The first-order chi connectivity index (χ1) is 7.24. The normalized spacial score (nSPS) is 10.5. The lowest BCUT2D eigenvalue weighted by molar-refractivity contribution is 0.112. The van der Waals surface area contributed by atoms with Gasteiger partial charge < -0.3 is 0 Å². The van der Waals surface area contributed by atoms with Crippen molar-refractivity contribution in [3.05, 3.63) is 34.9 Å². The third kappa shape index (κ3) is 1.98. The molecule has 1 aromatic carbocycles. The minimum Gasteiger partial charge on any atom is -0.298 e. The number of aldehydes is 1. The molecule has 0 unspecified atom stereocenters. The van der Waals surface area contributed by atoms with Crippen LogP contribution in [0, 0.1) is 0 Å². The number of rotatable bonds is 2. The lowest BCUT2D eigenvalue weighted by atomic mass is 10.2. The molecule has 1 aromatic heterocycles. The molecule has 0 saturated carbocycles. The van der Waals surface area contributed by atoms with E-state index in [1.807, 2.05) is 18.4 Å². The van der Waals surface area contributed by atoms with E-state index in [-0.39, 0.29) is 0 Å². The summed E-state index contributed by atoms with van der Waals surface area (Å²) >= 11 is 7.33. The van der Waals surface area contributed by atoms with E-state index in [2.05, 4.69) is 4.98 Å². The number of fused-ring (bicyclic) bond motifs is 1. The first-order valence-corrected chi connectivity index (χ1v) is 5.94. The lowest BCUT2D eigenvalue weighted by Crippen LogP contribution is -1.90. The molecule has 4 heteroatoms. The standard InChI is InChI=1S/C11H8ClNOS/c1-15-11-8(6-14)4-7-5-9(12)2-3-10(7)13-11/h2-6H,1H3. The van der Waals surface area contributed by atoms with E-state index in [4.69, 9.17) is 11.6 Å². The fraction of sp³-hybridized carbons (Fsp3) is 0.0909. The second kappa shape index (κ2) is 4.21. The van der Waals surface area contributed by atoms with Gasteiger partial charge >= 0.3 is 0 Å². The Hall–Kier alpha value is -1.06. The maximum absolute atomic E-state index is 10.8. The molecule has 0 bridgehead atoms. The van der Waals surface area contributed by atoms with E-state index in [0.717, 1.165) is 22.2 Å². The summed E-state index contributed by atoms with van der Waals surface area (Å²) in [5.74, 6) is 0. The predicted octanol–water partition coefficient (Wildman–Crippen LogP) is 3.42. The Balaban J connectivity index is 2.75. The van der Waals surface area contributed by atoms with Gasteiger partial charge in [-0.1, -0.05) is 11.6 Å². The summed E-state index contributed by atoms with van der Waals surface area (Å²) in [4.78, 5) is 15.2. The van der Waals surface area contributed by atoms with Crippen LogP contribution in [0.3, 0.4) is 0 Å². The summed E-state index contributed by atoms with van der Waals surface area (Å²) in [5, 5.41) is 2.29. The Kier molecular flexibility index (Phi) is 2.93. The van der Waals surface area contributed by atoms with Crippen LogP contribution in [-0.2, 0) is 0 Å². The molecule has 2 nitrogen and oxygen atoms in total. The molecule has 2 aromatic rings. The number of carbonyl (C=O) groups is 1. The van der Waals surface area contributed by atoms with Gasteiger partial charge in [-0.25, -0.2) is 4.98 Å². The van der Waals surface area contributed by atoms with Gasteiger partial charge in [-0.15, -0.1) is 11.8 Å². The SMILES string of the molecule is CSc1nc2ccc(Cl)cc2cc1C=O. The molecule has 0 atom stereocenters. The van der Waals surface area contributed by atoms with Crippen molar-refractivity contribution in [1.82, 2.24) is 4.98 Å². The maximum atomic E-state index is 10.8. The van der Waals surface area contributed by atoms with Crippen molar-refractivity contribution in [2.24, 2.45) is 0 Å². The molecule has 76 valence electrons. The van der Waals surface area contributed by atoms with E-state index < -0.39 is 0 Å². The first kappa shape index (κ1) is 10.5. The molecule has 1 heterocycles. The van der Waals surface area contributed by atoms with Crippen molar-refractivity contribution < 1.29 is 4.79 Å². The average Bonchev–Trinajstić information content (AvgIpc) is 2.27. The molecular formula is C11H8ClNOS. The number of nitrogens with zero attached hydrogens (tertiary/aromatic N) is 1. The molecule has 0 aliphatic heterocycles. The average molecular weight is 238 g/mol. The van der Waals surface area contributed by atoms with Gasteiger partial charge in [-0.05, 0) is 30.5 Å². The molecule has 0 N–H and O–H groups in total.